The average molecular weight is 514 g/mol. The fourth-order valence-corrected chi connectivity index (χ4v) is 5.69. The van der Waals surface area contributed by atoms with Crippen LogP contribution in [0.25, 0.3) is 11.3 Å². The van der Waals surface area contributed by atoms with Crippen LogP contribution in [0, 0.1) is 11.7 Å². The smallest absolute Gasteiger partial charge is 0.268 e. The molecule has 0 saturated carbocycles. The van der Waals surface area contributed by atoms with Gasteiger partial charge in [-0.3, -0.25) is 4.79 Å². The maximum absolute atomic E-state index is 14.2. The number of anilines is 2. The quantitative estimate of drug-likeness (QED) is 0.512. The molecule has 0 radical (unpaired) electrons. The van der Waals surface area contributed by atoms with E-state index in [4.69, 9.17) is 15.5 Å². The summed E-state index contributed by atoms with van der Waals surface area (Å²) in [6.07, 6.45) is 2.20. The zero-order valence-corrected chi connectivity index (χ0v) is 21.3. The van der Waals surface area contributed by atoms with Crippen molar-refractivity contribution in [3.63, 3.8) is 0 Å². The summed E-state index contributed by atoms with van der Waals surface area (Å²) in [5.41, 5.74) is 6.30. The summed E-state index contributed by atoms with van der Waals surface area (Å²) < 4.78 is 47.3. The highest BCUT2D eigenvalue weighted by molar-refractivity contribution is 7.90. The Morgan fingerprint density at radius 3 is 2.64 bits per heavy atom. The summed E-state index contributed by atoms with van der Waals surface area (Å²) in [4.78, 5) is 23.5. The number of nitrogen functional groups attached to an aromatic ring is 1. The predicted molar refractivity (Wildman–Crippen MR) is 135 cm³/mol. The van der Waals surface area contributed by atoms with Crippen LogP contribution in [0.4, 0.5) is 16.0 Å². The van der Waals surface area contributed by atoms with E-state index in [2.05, 4.69) is 16.6 Å². The van der Waals surface area contributed by atoms with E-state index < -0.39 is 21.7 Å². The number of hydrogen-bond acceptors (Lipinski definition) is 8. The van der Waals surface area contributed by atoms with Gasteiger partial charge in [-0.2, -0.15) is 0 Å². The Hall–Kier alpha value is -3.73. The number of benzene rings is 1. The molecular weight excluding hydrogens is 485 g/mol. The Balaban J connectivity index is 1.80. The number of amides is 1. The van der Waals surface area contributed by atoms with Crippen molar-refractivity contribution < 1.29 is 22.3 Å². The molecule has 4 rings (SSSR count). The first-order valence-electron chi connectivity index (χ1n) is 11.3. The number of aromatic nitrogens is 2. The monoisotopic (exact) mass is 513 g/mol. The van der Waals surface area contributed by atoms with E-state index in [1.807, 2.05) is 18.7 Å². The zero-order valence-electron chi connectivity index (χ0n) is 20.4. The van der Waals surface area contributed by atoms with E-state index in [1.54, 1.807) is 12.1 Å². The highest BCUT2D eigenvalue weighted by atomic mass is 32.2. The molecule has 3 heterocycles. The summed E-state index contributed by atoms with van der Waals surface area (Å²) in [5, 5.41) is 0. The van der Waals surface area contributed by atoms with Crippen LogP contribution in [0.3, 0.4) is 0 Å². The number of methoxy groups -OCH3 is 1. The second kappa shape index (κ2) is 9.38. The third-order valence-corrected chi connectivity index (χ3v) is 7.55. The molecule has 11 heteroatoms. The lowest BCUT2D eigenvalue weighted by atomic mass is 9.97. The molecule has 1 fully saturated rings. The van der Waals surface area contributed by atoms with Gasteiger partial charge in [-0.1, -0.05) is 6.92 Å². The normalized spacial score (nSPS) is 17.1. The molecule has 0 unspecified atom stereocenters. The number of nitrogens with two attached hydrogens (primary N) is 1. The minimum absolute atomic E-state index is 0.0651. The molecule has 1 aliphatic rings. The predicted octanol–water partition coefficient (Wildman–Crippen LogP) is 3.62. The Kier molecular flexibility index (Phi) is 6.61. The van der Waals surface area contributed by atoms with Gasteiger partial charge in [0.15, 0.2) is 0 Å². The number of pyridine rings is 2. The maximum Gasteiger partial charge on any atom is 0.268 e. The van der Waals surface area contributed by atoms with Crippen molar-refractivity contribution in [1.82, 2.24) is 14.7 Å². The molecule has 3 aromatic rings. The van der Waals surface area contributed by atoms with E-state index in [0.717, 1.165) is 6.42 Å². The standard InChI is InChI=1S/C25H28FN5O4S/c1-15-13-25(2,3)31(14-15)23-19(24(32)30-36(33,34)21-6-5-9-28-22(21)27)7-8-20(29-23)16-10-17(26)12-18(11-16)35-4/h5-12,15H,13-14H2,1-4H3,(H2,27,28)(H,30,32)/t15-/m0/s1. The van der Waals surface area contributed by atoms with Gasteiger partial charge in [0.05, 0.1) is 18.4 Å². The molecule has 1 saturated heterocycles. The molecule has 3 N–H and O–H groups in total. The third-order valence-electron chi connectivity index (χ3n) is 6.17. The van der Waals surface area contributed by atoms with Crippen molar-refractivity contribution in [2.45, 2.75) is 37.6 Å². The Labute approximate surface area is 209 Å². The molecule has 1 aliphatic heterocycles. The van der Waals surface area contributed by atoms with E-state index in [1.165, 1.54) is 43.6 Å². The first-order chi connectivity index (χ1) is 16.9. The largest absolute Gasteiger partial charge is 0.497 e. The average Bonchev–Trinajstić information content (AvgIpc) is 3.09. The van der Waals surface area contributed by atoms with E-state index in [9.17, 15) is 17.6 Å². The summed E-state index contributed by atoms with van der Waals surface area (Å²) in [6.45, 7) is 6.77. The van der Waals surface area contributed by atoms with Gasteiger partial charge in [0.1, 0.15) is 28.1 Å². The minimum Gasteiger partial charge on any atom is -0.497 e. The van der Waals surface area contributed by atoms with Crippen molar-refractivity contribution >= 4 is 27.6 Å². The fraction of sp³-hybridized carbons (Fsp3) is 0.320. The van der Waals surface area contributed by atoms with Gasteiger partial charge in [0.25, 0.3) is 15.9 Å². The van der Waals surface area contributed by atoms with Crippen LogP contribution in [0.5, 0.6) is 5.75 Å². The highest BCUT2D eigenvalue weighted by Gasteiger charge is 2.39. The molecule has 1 atom stereocenters. The molecule has 190 valence electrons. The number of carbonyl (C=O) groups is 1. The Bertz CT molecular complexity index is 1430. The van der Waals surface area contributed by atoms with Gasteiger partial charge in [-0.25, -0.2) is 27.5 Å². The SMILES string of the molecule is COc1cc(F)cc(-c2ccc(C(=O)NS(=O)(=O)c3cccnc3N)c(N3C[C@@H](C)CC3(C)C)n2)c1. The Morgan fingerprint density at radius 2 is 2.00 bits per heavy atom. The number of nitrogens with zero attached hydrogens (tertiary/aromatic N) is 3. The van der Waals surface area contributed by atoms with Gasteiger partial charge in [-0.05, 0) is 62.6 Å². The molecule has 2 aromatic heterocycles. The van der Waals surface area contributed by atoms with Gasteiger partial charge >= 0.3 is 0 Å². The number of nitrogens with one attached hydrogen (secondary N) is 1. The zero-order chi connectivity index (χ0) is 26.3. The lowest BCUT2D eigenvalue weighted by Gasteiger charge is -2.34. The number of sulfonamides is 1. The number of hydrogen-bond donors (Lipinski definition) is 2. The second-order valence-corrected chi connectivity index (χ2v) is 11.2. The van der Waals surface area contributed by atoms with Gasteiger partial charge < -0.3 is 15.4 Å². The molecule has 0 aliphatic carbocycles. The van der Waals surface area contributed by atoms with Crippen LogP contribution < -0.4 is 20.1 Å². The topological polar surface area (TPSA) is 128 Å². The molecule has 0 spiro atoms. The number of carbonyl (C=O) groups excluding carboxylic acids is 1. The summed E-state index contributed by atoms with van der Waals surface area (Å²) >= 11 is 0. The van der Waals surface area contributed by atoms with Crippen molar-refractivity contribution in [2.75, 3.05) is 24.3 Å². The Morgan fingerprint density at radius 1 is 1.25 bits per heavy atom. The van der Waals surface area contributed by atoms with Crippen LogP contribution in [-0.4, -0.2) is 43.5 Å². The van der Waals surface area contributed by atoms with Crippen LogP contribution >= 0.6 is 0 Å². The van der Waals surface area contributed by atoms with Crippen LogP contribution in [0.2, 0.25) is 0 Å². The molecule has 36 heavy (non-hydrogen) atoms. The number of ether oxygens (including phenoxy) is 1. The van der Waals surface area contributed by atoms with Crippen LogP contribution in [-0.2, 0) is 10.0 Å². The number of rotatable bonds is 6. The third kappa shape index (κ3) is 4.97. The minimum atomic E-state index is -4.29. The van der Waals surface area contributed by atoms with Crippen molar-refractivity contribution in [3.8, 4) is 17.0 Å². The fourth-order valence-electron chi connectivity index (χ4n) is 4.64. The lowest BCUT2D eigenvalue weighted by molar-refractivity contribution is 0.0981. The first kappa shape index (κ1) is 25.4. The highest BCUT2D eigenvalue weighted by Crippen LogP contribution is 2.38. The molecule has 0 bridgehead atoms. The maximum atomic E-state index is 14.2. The molecule has 9 nitrogen and oxygen atoms in total. The van der Waals surface area contributed by atoms with Gasteiger partial charge in [0.2, 0.25) is 0 Å². The van der Waals surface area contributed by atoms with Crippen molar-refractivity contribution in [1.29, 1.82) is 0 Å². The molecular formula is C25H28FN5O4S. The lowest BCUT2D eigenvalue weighted by Crippen LogP contribution is -2.41. The number of halogens is 1. The van der Waals surface area contributed by atoms with E-state index in [-0.39, 0.29) is 21.8 Å². The first-order valence-corrected chi connectivity index (χ1v) is 12.8. The summed E-state index contributed by atoms with van der Waals surface area (Å²) in [5.74, 6) is -0.637. The van der Waals surface area contributed by atoms with Gasteiger partial charge in [0, 0.05) is 29.9 Å². The van der Waals surface area contributed by atoms with E-state index >= 15 is 0 Å². The van der Waals surface area contributed by atoms with Crippen molar-refractivity contribution in [3.05, 3.63) is 60.0 Å². The summed E-state index contributed by atoms with van der Waals surface area (Å²) in [6, 6.07) is 9.94. The van der Waals surface area contributed by atoms with Crippen LogP contribution in [0.1, 0.15) is 37.6 Å². The van der Waals surface area contributed by atoms with Crippen LogP contribution in [0.15, 0.2) is 53.6 Å². The van der Waals surface area contributed by atoms with Gasteiger partial charge in [-0.15, -0.1) is 0 Å². The molecule has 1 amide bonds. The second-order valence-electron chi connectivity index (χ2n) is 9.50. The van der Waals surface area contributed by atoms with Crippen molar-refractivity contribution in [2.24, 2.45) is 5.92 Å². The summed E-state index contributed by atoms with van der Waals surface area (Å²) in [7, 11) is -2.86. The van der Waals surface area contributed by atoms with E-state index in [0.29, 0.717) is 35.3 Å². The molecule has 1 aromatic carbocycles.